The van der Waals surface area contributed by atoms with Crippen molar-refractivity contribution in [2.45, 2.75) is 24.3 Å². The van der Waals surface area contributed by atoms with Crippen molar-refractivity contribution in [1.82, 2.24) is 5.43 Å². The summed E-state index contributed by atoms with van der Waals surface area (Å²) in [6, 6.07) is -1.20. The van der Waals surface area contributed by atoms with Gasteiger partial charge in [0.1, 0.15) is 17.9 Å². The summed E-state index contributed by atoms with van der Waals surface area (Å²) in [5, 5.41) is 19.1. The summed E-state index contributed by atoms with van der Waals surface area (Å²) >= 11 is 0. The van der Waals surface area contributed by atoms with E-state index in [0.29, 0.717) is 0 Å². The van der Waals surface area contributed by atoms with Crippen LogP contribution in [0.2, 0.25) is 0 Å². The van der Waals surface area contributed by atoms with Gasteiger partial charge in [-0.05, 0) is 0 Å². The van der Waals surface area contributed by atoms with Gasteiger partial charge >= 0.3 is 0 Å². The molecule has 5 N–H and O–H groups in total. The maximum Gasteiger partial charge on any atom is 0.159 e. The largest absolute Gasteiger partial charge is 1.00 e. The average Bonchev–Trinajstić information content (AvgIpc) is 2.59. The zero-order valence-corrected chi connectivity index (χ0v) is 12.3. The Balaban J connectivity index is 0.00000180. The Morgan fingerprint density at radius 1 is 0.895 bits per heavy atom. The molecule has 2 fully saturated rings. The molecule has 11 heteroatoms. The molecular formula is C8H17ClN2O6S2. The number of rotatable bonds is 3. The first kappa shape index (κ1) is 17.1. The van der Waals surface area contributed by atoms with Gasteiger partial charge < -0.3 is 22.6 Å². The maximum atomic E-state index is 11.3. The maximum absolute atomic E-state index is 11.3. The second-order valence-corrected chi connectivity index (χ2v) is 9.20. The van der Waals surface area contributed by atoms with E-state index in [1.165, 1.54) is 5.43 Å². The number of nitrogens with one attached hydrogen (secondary N) is 1. The van der Waals surface area contributed by atoms with E-state index in [1.54, 1.807) is 0 Å². The van der Waals surface area contributed by atoms with Crippen molar-refractivity contribution >= 4 is 19.7 Å². The highest BCUT2D eigenvalue weighted by Gasteiger charge is 2.42. The van der Waals surface area contributed by atoms with E-state index in [-0.39, 0.29) is 35.4 Å². The Kier molecular flexibility index (Phi) is 5.21. The van der Waals surface area contributed by atoms with Crippen LogP contribution in [0.25, 0.3) is 0 Å². The molecule has 0 aromatic carbocycles. The highest BCUT2D eigenvalue weighted by atomic mass is 35.5. The van der Waals surface area contributed by atoms with Crippen LogP contribution < -0.4 is 23.3 Å². The van der Waals surface area contributed by atoms with E-state index in [0.717, 1.165) is 0 Å². The smallest absolute Gasteiger partial charge is 0.159 e. The summed E-state index contributed by atoms with van der Waals surface area (Å²) in [5.41, 5.74) is 4.11. The number of quaternary nitrogens is 1. The number of hydrogen-bond acceptors (Lipinski definition) is 7. The molecule has 0 aliphatic carbocycles. The Morgan fingerprint density at radius 3 is 1.84 bits per heavy atom. The van der Waals surface area contributed by atoms with Crippen LogP contribution >= 0.6 is 0 Å². The van der Waals surface area contributed by atoms with Crippen LogP contribution in [-0.2, 0) is 19.7 Å². The van der Waals surface area contributed by atoms with E-state index in [4.69, 9.17) is 0 Å². The van der Waals surface area contributed by atoms with Crippen LogP contribution in [-0.4, -0.2) is 74.4 Å². The third-order valence-electron chi connectivity index (χ3n) is 3.21. The average molecular weight is 337 g/mol. The molecule has 2 aliphatic heterocycles. The highest BCUT2D eigenvalue weighted by Crippen LogP contribution is 2.12. The van der Waals surface area contributed by atoms with Gasteiger partial charge in [0.05, 0.1) is 29.4 Å². The predicted molar refractivity (Wildman–Crippen MR) is 62.0 cm³/mol. The van der Waals surface area contributed by atoms with Gasteiger partial charge in [0.15, 0.2) is 19.7 Å². The van der Waals surface area contributed by atoms with Crippen molar-refractivity contribution in [1.29, 1.82) is 0 Å². The quantitative estimate of drug-likeness (QED) is 0.297. The zero-order chi connectivity index (χ0) is 13.6. The lowest BCUT2D eigenvalue weighted by Crippen LogP contribution is -3.02. The number of aliphatic hydroxyl groups is 2. The van der Waals surface area contributed by atoms with Crippen LogP contribution in [0.15, 0.2) is 0 Å². The molecule has 2 aliphatic rings. The van der Waals surface area contributed by atoms with E-state index < -0.39 is 44.0 Å². The second kappa shape index (κ2) is 5.80. The van der Waals surface area contributed by atoms with Gasteiger partial charge in [-0.3, -0.25) is 5.43 Å². The number of hydrogen-bond donors (Lipinski definition) is 4. The third kappa shape index (κ3) is 4.25. The number of nitrogens with two attached hydrogens (primary N) is 1. The minimum Gasteiger partial charge on any atom is -1.00 e. The lowest BCUT2D eigenvalue weighted by Gasteiger charge is -2.17. The van der Waals surface area contributed by atoms with Crippen LogP contribution in [0.4, 0.5) is 0 Å². The van der Waals surface area contributed by atoms with Crippen LogP contribution in [0.1, 0.15) is 0 Å². The molecule has 0 bridgehead atoms. The topological polar surface area (TPSA) is 137 Å². The molecule has 0 radical (unpaired) electrons. The van der Waals surface area contributed by atoms with Gasteiger partial charge in [-0.25, -0.2) is 16.8 Å². The first-order valence-corrected chi connectivity index (χ1v) is 9.19. The van der Waals surface area contributed by atoms with Gasteiger partial charge in [0, 0.05) is 0 Å². The van der Waals surface area contributed by atoms with Crippen LogP contribution in [0, 0.1) is 0 Å². The fourth-order valence-corrected chi connectivity index (χ4v) is 5.81. The van der Waals surface area contributed by atoms with Crippen molar-refractivity contribution < 1.29 is 44.9 Å². The first-order valence-electron chi connectivity index (χ1n) is 5.55. The fourth-order valence-electron chi connectivity index (χ4n) is 2.25. The molecular weight excluding hydrogens is 320 g/mol. The Bertz CT molecular complexity index is 473. The molecule has 0 spiro atoms. The summed E-state index contributed by atoms with van der Waals surface area (Å²) in [6.07, 6.45) is -1.97. The van der Waals surface area contributed by atoms with Crippen molar-refractivity contribution in [3.63, 3.8) is 0 Å². The minimum atomic E-state index is -3.24. The van der Waals surface area contributed by atoms with E-state index in [1.807, 2.05) is 0 Å². The first-order chi connectivity index (χ1) is 8.19. The molecule has 4 unspecified atom stereocenters. The summed E-state index contributed by atoms with van der Waals surface area (Å²) < 4.78 is 45.0. The van der Waals surface area contributed by atoms with Gasteiger partial charge in [0.25, 0.3) is 0 Å². The van der Waals surface area contributed by atoms with E-state index in [2.05, 4.69) is 5.43 Å². The number of aliphatic hydroxyl groups excluding tert-OH is 2. The molecule has 114 valence electrons. The summed E-state index contributed by atoms with van der Waals surface area (Å²) in [6.45, 7) is 0. The lowest BCUT2D eigenvalue weighted by atomic mass is 10.2. The predicted octanol–water partition coefficient (Wildman–Crippen LogP) is -7.63. The molecule has 4 atom stereocenters. The van der Waals surface area contributed by atoms with Crippen molar-refractivity contribution in [2.75, 3.05) is 23.0 Å². The minimum absolute atomic E-state index is 0. The normalized spacial score (nSPS) is 39.9. The van der Waals surface area contributed by atoms with Crippen molar-refractivity contribution in [3.05, 3.63) is 0 Å². The van der Waals surface area contributed by atoms with Crippen molar-refractivity contribution in [2.24, 2.45) is 0 Å². The molecule has 2 heterocycles. The van der Waals surface area contributed by atoms with Crippen LogP contribution in [0.5, 0.6) is 0 Å². The molecule has 8 nitrogen and oxygen atoms in total. The molecule has 0 aromatic rings. The summed E-state index contributed by atoms with van der Waals surface area (Å²) in [7, 11) is -6.47. The van der Waals surface area contributed by atoms with E-state index in [9.17, 15) is 27.0 Å². The molecule has 0 saturated carbocycles. The molecule has 0 amide bonds. The standard InChI is InChI=1S/C8H16N2O6S2.ClH/c11-7-3-17(13,14)1-5(7)9-10-6-2-18(15,16)4-8(6)12;/h5-12H,1-4H2;1H. The van der Waals surface area contributed by atoms with Gasteiger partial charge in [0.2, 0.25) is 0 Å². The monoisotopic (exact) mass is 336 g/mol. The molecule has 0 aromatic heterocycles. The van der Waals surface area contributed by atoms with Gasteiger partial charge in [-0.2, -0.15) is 5.43 Å². The Hall–Kier alpha value is 0.0300. The molecule has 2 rings (SSSR count). The molecule has 19 heavy (non-hydrogen) atoms. The summed E-state index contributed by atoms with van der Waals surface area (Å²) in [4.78, 5) is 0. The number of halogens is 1. The Labute approximate surface area is 117 Å². The third-order valence-corrected chi connectivity index (χ3v) is 6.67. The Morgan fingerprint density at radius 2 is 1.42 bits per heavy atom. The highest BCUT2D eigenvalue weighted by molar-refractivity contribution is 7.92. The van der Waals surface area contributed by atoms with E-state index >= 15 is 0 Å². The van der Waals surface area contributed by atoms with Gasteiger partial charge in [-0.15, -0.1) is 0 Å². The summed E-state index contributed by atoms with van der Waals surface area (Å²) in [5.74, 6) is -0.900. The second-order valence-electron chi connectivity index (χ2n) is 4.89. The van der Waals surface area contributed by atoms with Crippen LogP contribution in [0.3, 0.4) is 0 Å². The van der Waals surface area contributed by atoms with Crippen molar-refractivity contribution in [3.8, 4) is 0 Å². The SMILES string of the molecule is O=S1(=O)CC(O)C(N[NH2+]C2CS(=O)(=O)CC2O)C1.[Cl-]. The number of sulfone groups is 2. The van der Waals surface area contributed by atoms with Gasteiger partial charge in [-0.1, -0.05) is 0 Å². The fraction of sp³-hybridized carbons (Fsp3) is 1.00. The lowest BCUT2D eigenvalue weighted by molar-refractivity contribution is -0.747. The molecule has 2 saturated heterocycles. The zero-order valence-electron chi connectivity index (χ0n) is 9.94.